The lowest BCUT2D eigenvalue weighted by molar-refractivity contribution is -0.384. The minimum Gasteiger partial charge on any atom is -0.479 e. The lowest BCUT2D eigenvalue weighted by Gasteiger charge is -2.13. The molecular weight excluding hydrogens is 270 g/mol. The molecule has 98 valence electrons. The summed E-state index contributed by atoms with van der Waals surface area (Å²) in [7, 11) is 0. The van der Waals surface area contributed by atoms with Crippen LogP contribution >= 0.6 is 11.3 Å². The van der Waals surface area contributed by atoms with E-state index in [0.717, 1.165) is 6.20 Å². The Morgan fingerprint density at radius 1 is 1.53 bits per heavy atom. The van der Waals surface area contributed by atoms with E-state index in [-0.39, 0.29) is 11.4 Å². The topological polar surface area (TPSA) is 105 Å². The Bertz CT molecular complexity index is 600. The zero-order valence-corrected chi connectivity index (χ0v) is 10.3. The number of hydrogen-bond acceptors (Lipinski definition) is 6. The smallest absolute Gasteiger partial charge is 0.331 e. The molecule has 0 radical (unpaired) electrons. The van der Waals surface area contributed by atoms with Gasteiger partial charge < -0.3 is 10.4 Å². The molecule has 1 atom stereocenters. The van der Waals surface area contributed by atoms with Gasteiger partial charge in [-0.15, -0.1) is 11.3 Å². The van der Waals surface area contributed by atoms with Crippen LogP contribution in [0.1, 0.15) is 10.9 Å². The van der Waals surface area contributed by atoms with Crippen LogP contribution in [0.25, 0.3) is 0 Å². The van der Waals surface area contributed by atoms with Crippen LogP contribution in [-0.2, 0) is 4.79 Å². The predicted molar refractivity (Wildman–Crippen MR) is 69.2 cm³/mol. The molecule has 2 N–H and O–H groups in total. The van der Waals surface area contributed by atoms with Crippen molar-refractivity contribution >= 4 is 28.7 Å². The first-order valence-corrected chi connectivity index (χ1v) is 6.08. The number of carbonyl (C=O) groups is 1. The van der Waals surface area contributed by atoms with Gasteiger partial charge in [0, 0.05) is 11.1 Å². The average molecular weight is 279 g/mol. The molecule has 0 aliphatic rings. The average Bonchev–Trinajstić information content (AvgIpc) is 2.89. The van der Waals surface area contributed by atoms with E-state index < -0.39 is 16.9 Å². The third kappa shape index (κ3) is 2.86. The molecule has 0 aromatic carbocycles. The van der Waals surface area contributed by atoms with E-state index in [1.165, 1.54) is 23.6 Å². The molecule has 0 bridgehead atoms. The Hall–Kier alpha value is -2.48. The van der Waals surface area contributed by atoms with Crippen molar-refractivity contribution in [3.05, 3.63) is 51.0 Å². The van der Waals surface area contributed by atoms with Crippen LogP contribution in [-0.4, -0.2) is 21.0 Å². The summed E-state index contributed by atoms with van der Waals surface area (Å²) in [6, 6.07) is 3.73. The van der Waals surface area contributed by atoms with Crippen molar-refractivity contribution in [2.24, 2.45) is 0 Å². The highest BCUT2D eigenvalue weighted by molar-refractivity contribution is 7.10. The van der Waals surface area contributed by atoms with Crippen molar-refractivity contribution in [1.82, 2.24) is 4.98 Å². The molecule has 7 nitrogen and oxygen atoms in total. The van der Waals surface area contributed by atoms with Gasteiger partial charge in [0.15, 0.2) is 6.04 Å². The number of hydrogen-bond donors (Lipinski definition) is 2. The van der Waals surface area contributed by atoms with E-state index in [4.69, 9.17) is 0 Å². The molecule has 19 heavy (non-hydrogen) atoms. The fourth-order valence-electron chi connectivity index (χ4n) is 1.52. The highest BCUT2D eigenvalue weighted by Gasteiger charge is 2.24. The van der Waals surface area contributed by atoms with Gasteiger partial charge in [-0.2, -0.15) is 0 Å². The first-order valence-electron chi connectivity index (χ1n) is 5.20. The fourth-order valence-corrected chi connectivity index (χ4v) is 2.29. The summed E-state index contributed by atoms with van der Waals surface area (Å²) in [6.45, 7) is 0. The van der Waals surface area contributed by atoms with E-state index >= 15 is 0 Å². The molecule has 0 saturated heterocycles. The monoisotopic (exact) mass is 279 g/mol. The van der Waals surface area contributed by atoms with Gasteiger partial charge in [-0.05, 0) is 17.5 Å². The largest absolute Gasteiger partial charge is 0.479 e. The van der Waals surface area contributed by atoms with Crippen LogP contribution in [0.3, 0.4) is 0 Å². The van der Waals surface area contributed by atoms with E-state index in [0.29, 0.717) is 4.88 Å². The number of carboxylic acid groups (broad SMARTS) is 1. The summed E-state index contributed by atoms with van der Waals surface area (Å²) >= 11 is 1.26. The van der Waals surface area contributed by atoms with Crippen molar-refractivity contribution in [3.63, 3.8) is 0 Å². The lowest BCUT2D eigenvalue weighted by atomic mass is 10.2. The van der Waals surface area contributed by atoms with Crippen LogP contribution in [0.4, 0.5) is 11.4 Å². The van der Waals surface area contributed by atoms with Gasteiger partial charge in [0.1, 0.15) is 11.9 Å². The zero-order chi connectivity index (χ0) is 13.8. The van der Waals surface area contributed by atoms with Crippen molar-refractivity contribution in [1.29, 1.82) is 0 Å². The van der Waals surface area contributed by atoms with Crippen LogP contribution < -0.4 is 5.32 Å². The number of nitrogens with zero attached hydrogens (tertiary/aromatic N) is 2. The van der Waals surface area contributed by atoms with Crippen molar-refractivity contribution in [3.8, 4) is 0 Å². The SMILES string of the molecule is O=C(O)C(Nc1ccncc1[N+](=O)[O-])c1cccs1. The minimum atomic E-state index is -1.10. The molecule has 0 fully saturated rings. The second-order valence-electron chi connectivity index (χ2n) is 3.58. The first kappa shape index (κ1) is 13.0. The molecular formula is C11H9N3O4S. The molecule has 2 rings (SSSR count). The van der Waals surface area contributed by atoms with E-state index in [9.17, 15) is 20.0 Å². The number of nitrogens with one attached hydrogen (secondary N) is 1. The molecule has 2 aromatic rings. The number of aliphatic carboxylic acids is 1. The predicted octanol–water partition coefficient (Wildman–Crippen LogP) is 2.29. The third-order valence-electron chi connectivity index (χ3n) is 2.37. The van der Waals surface area contributed by atoms with Crippen LogP contribution in [0.2, 0.25) is 0 Å². The second-order valence-corrected chi connectivity index (χ2v) is 4.56. The number of carboxylic acids is 1. The maximum Gasteiger partial charge on any atom is 0.331 e. The molecule has 0 amide bonds. The van der Waals surface area contributed by atoms with Gasteiger partial charge >= 0.3 is 11.7 Å². The molecule has 2 heterocycles. The molecule has 0 aliphatic carbocycles. The van der Waals surface area contributed by atoms with Crippen LogP contribution in [0.5, 0.6) is 0 Å². The van der Waals surface area contributed by atoms with Crippen molar-refractivity contribution < 1.29 is 14.8 Å². The Kier molecular flexibility index (Phi) is 3.71. The number of pyridine rings is 1. The van der Waals surface area contributed by atoms with Crippen molar-refractivity contribution in [2.45, 2.75) is 6.04 Å². The zero-order valence-electron chi connectivity index (χ0n) is 9.52. The number of nitro groups is 1. The molecule has 8 heteroatoms. The molecule has 0 saturated carbocycles. The molecule has 0 aliphatic heterocycles. The van der Waals surface area contributed by atoms with Crippen LogP contribution in [0, 0.1) is 10.1 Å². The highest BCUT2D eigenvalue weighted by Crippen LogP contribution is 2.28. The van der Waals surface area contributed by atoms with Gasteiger partial charge in [-0.3, -0.25) is 15.1 Å². The lowest BCUT2D eigenvalue weighted by Crippen LogP contribution is -2.20. The summed E-state index contributed by atoms with van der Waals surface area (Å²) in [5.41, 5.74) is -0.133. The van der Waals surface area contributed by atoms with Crippen LogP contribution in [0.15, 0.2) is 36.0 Å². The Balaban J connectivity index is 2.33. The maximum absolute atomic E-state index is 11.2. The van der Waals surface area contributed by atoms with Gasteiger partial charge in [0.05, 0.1) is 4.92 Å². The number of thiophene rings is 1. The summed E-state index contributed by atoms with van der Waals surface area (Å²) in [5, 5.41) is 24.4. The third-order valence-corrected chi connectivity index (χ3v) is 3.31. The minimum absolute atomic E-state index is 0.126. The van der Waals surface area contributed by atoms with E-state index in [2.05, 4.69) is 10.3 Å². The number of rotatable bonds is 5. The highest BCUT2D eigenvalue weighted by atomic mass is 32.1. The normalized spacial score (nSPS) is 11.8. The fraction of sp³-hybridized carbons (Fsp3) is 0.0909. The van der Waals surface area contributed by atoms with E-state index in [1.54, 1.807) is 17.5 Å². The van der Waals surface area contributed by atoms with Gasteiger partial charge in [-0.25, -0.2) is 4.79 Å². The van der Waals surface area contributed by atoms with E-state index in [1.807, 2.05) is 0 Å². The van der Waals surface area contributed by atoms with Gasteiger partial charge in [-0.1, -0.05) is 6.07 Å². The second kappa shape index (κ2) is 5.44. The number of aromatic nitrogens is 1. The molecule has 1 unspecified atom stereocenters. The summed E-state index contributed by atoms with van der Waals surface area (Å²) in [5.74, 6) is -1.10. The number of anilines is 1. The maximum atomic E-state index is 11.2. The standard InChI is InChI=1S/C11H9N3O4S/c15-11(16)10(9-2-1-5-19-9)13-7-3-4-12-6-8(7)14(17)18/h1-6,10H,(H,12,13)(H,15,16). The molecule has 0 spiro atoms. The first-order chi connectivity index (χ1) is 9.09. The Labute approximate surface area is 111 Å². The molecule has 2 aromatic heterocycles. The van der Waals surface area contributed by atoms with Crippen molar-refractivity contribution in [2.75, 3.05) is 5.32 Å². The quantitative estimate of drug-likeness (QED) is 0.642. The summed E-state index contributed by atoms with van der Waals surface area (Å²) in [4.78, 5) is 25.7. The van der Waals surface area contributed by atoms with Gasteiger partial charge in [0.2, 0.25) is 0 Å². The Morgan fingerprint density at radius 3 is 2.89 bits per heavy atom. The summed E-state index contributed by atoms with van der Waals surface area (Å²) < 4.78 is 0. The Morgan fingerprint density at radius 2 is 2.32 bits per heavy atom. The summed E-state index contributed by atoms with van der Waals surface area (Å²) in [6.07, 6.45) is 2.44. The van der Waals surface area contributed by atoms with Gasteiger partial charge in [0.25, 0.3) is 0 Å².